The van der Waals surface area contributed by atoms with Crippen LogP contribution in [0.5, 0.6) is 0 Å². The molecule has 0 saturated carbocycles. The van der Waals surface area contributed by atoms with Gasteiger partial charge in [-0.1, -0.05) is 48.5 Å². The smallest absolute Gasteiger partial charge is 0.137 e. The minimum Gasteiger partial charge on any atom is -0.345 e. The minimum atomic E-state index is 0.912. The van der Waals surface area contributed by atoms with Crippen LogP contribution >= 0.6 is 0 Å². The summed E-state index contributed by atoms with van der Waals surface area (Å²) >= 11 is 0. The Labute approximate surface area is 113 Å². The van der Waals surface area contributed by atoms with Crippen LogP contribution < -0.4 is 0 Å². The van der Waals surface area contributed by atoms with Crippen molar-refractivity contribution in [3.8, 4) is 11.4 Å². The van der Waals surface area contributed by atoms with Crippen molar-refractivity contribution in [2.75, 3.05) is 0 Å². The summed E-state index contributed by atoms with van der Waals surface area (Å²) in [6.45, 7) is 0. The number of imidazole rings is 1. The molecule has 93 valence electrons. The molecule has 1 N–H and O–H groups in total. The second kappa shape index (κ2) is 5.53. The zero-order chi connectivity index (χ0) is 12.9. The summed E-state index contributed by atoms with van der Waals surface area (Å²) < 4.78 is 0. The maximum atomic E-state index is 4.28. The monoisotopic (exact) mass is 247 g/mol. The number of H-pyrrole nitrogens is 1. The fourth-order valence-electron chi connectivity index (χ4n) is 2.09. The summed E-state index contributed by atoms with van der Waals surface area (Å²) in [5.41, 5.74) is 3.66. The Balaban J connectivity index is 1.74. The maximum Gasteiger partial charge on any atom is 0.137 e. The zero-order valence-electron chi connectivity index (χ0n) is 10.6. The lowest BCUT2D eigenvalue weighted by molar-refractivity contribution is 1.16. The van der Waals surface area contributed by atoms with E-state index in [1.54, 1.807) is 6.20 Å². The number of aromatic amines is 1. The lowest BCUT2D eigenvalue weighted by atomic mass is 10.0. The van der Waals surface area contributed by atoms with Crippen molar-refractivity contribution in [1.29, 1.82) is 0 Å². The van der Waals surface area contributed by atoms with Crippen LogP contribution in [0.4, 0.5) is 0 Å². The van der Waals surface area contributed by atoms with Crippen LogP contribution in [-0.2, 0) is 6.42 Å². The summed E-state index contributed by atoms with van der Waals surface area (Å²) in [5, 5.41) is 0. The fourth-order valence-corrected chi connectivity index (χ4v) is 2.09. The van der Waals surface area contributed by atoms with Crippen molar-refractivity contribution >= 4 is 0 Å². The highest BCUT2D eigenvalue weighted by Crippen LogP contribution is 2.18. The van der Waals surface area contributed by atoms with Crippen molar-refractivity contribution in [1.82, 2.24) is 9.97 Å². The first-order valence-corrected chi connectivity index (χ1v) is 6.39. The van der Waals surface area contributed by atoms with Gasteiger partial charge in [-0.2, -0.15) is 0 Å². The summed E-state index contributed by atoms with van der Waals surface area (Å²) in [6, 6.07) is 18.9. The Bertz CT molecular complexity index is 627. The van der Waals surface area contributed by atoms with Gasteiger partial charge in [-0.05, 0) is 30.0 Å². The highest BCUT2D eigenvalue weighted by Gasteiger charge is 2.01. The zero-order valence-corrected chi connectivity index (χ0v) is 10.6. The lowest BCUT2D eigenvalue weighted by Gasteiger charge is -2.04. The van der Waals surface area contributed by atoms with Gasteiger partial charge in [0.05, 0.1) is 0 Å². The average molecular weight is 247 g/mol. The van der Waals surface area contributed by atoms with Gasteiger partial charge in [0.15, 0.2) is 0 Å². The summed E-state index contributed by atoms with van der Waals surface area (Å²) in [5.74, 6) is 0.912. The van der Waals surface area contributed by atoms with E-state index in [0.29, 0.717) is 0 Å². The molecule has 0 atom stereocenters. The Morgan fingerprint density at radius 2 is 1.89 bits per heavy atom. The average Bonchev–Trinajstić information content (AvgIpc) is 3.01. The topological polar surface area (TPSA) is 28.7 Å². The van der Waals surface area contributed by atoms with Gasteiger partial charge in [0.25, 0.3) is 0 Å². The molecule has 0 fully saturated rings. The molecule has 0 spiro atoms. The van der Waals surface area contributed by atoms with E-state index < -0.39 is 0 Å². The normalized spacial score (nSPS) is 10.5. The highest BCUT2D eigenvalue weighted by atomic mass is 14.9. The molecule has 0 saturated heterocycles. The molecular formula is C17H15N2. The lowest BCUT2D eigenvalue weighted by Crippen LogP contribution is -1.89. The van der Waals surface area contributed by atoms with Crippen molar-refractivity contribution in [2.45, 2.75) is 6.42 Å². The van der Waals surface area contributed by atoms with Gasteiger partial charge < -0.3 is 4.98 Å². The molecule has 2 heteroatoms. The molecule has 0 aliphatic heterocycles. The third-order valence-corrected chi connectivity index (χ3v) is 3.07. The van der Waals surface area contributed by atoms with Crippen LogP contribution in [-0.4, -0.2) is 9.97 Å². The maximum absolute atomic E-state index is 4.28. The molecule has 3 rings (SSSR count). The van der Waals surface area contributed by atoms with Crippen molar-refractivity contribution < 1.29 is 0 Å². The second-order valence-electron chi connectivity index (χ2n) is 4.46. The first kappa shape index (κ1) is 11.7. The van der Waals surface area contributed by atoms with Crippen molar-refractivity contribution in [3.63, 3.8) is 0 Å². The Hall–Kier alpha value is -2.35. The van der Waals surface area contributed by atoms with Gasteiger partial charge in [0.1, 0.15) is 5.82 Å². The predicted molar refractivity (Wildman–Crippen MR) is 77.6 cm³/mol. The molecule has 2 aromatic carbocycles. The number of nitrogens with zero attached hydrogens (tertiary/aromatic N) is 1. The van der Waals surface area contributed by atoms with Crippen LogP contribution in [0, 0.1) is 6.42 Å². The van der Waals surface area contributed by atoms with Gasteiger partial charge in [0, 0.05) is 18.0 Å². The summed E-state index contributed by atoms with van der Waals surface area (Å²) in [7, 11) is 0. The summed E-state index contributed by atoms with van der Waals surface area (Å²) in [4.78, 5) is 7.41. The largest absolute Gasteiger partial charge is 0.345 e. The van der Waals surface area contributed by atoms with Crippen LogP contribution in [0.15, 0.2) is 67.0 Å². The Morgan fingerprint density at radius 3 is 2.68 bits per heavy atom. The number of hydrogen-bond acceptors (Lipinski definition) is 1. The van der Waals surface area contributed by atoms with Crippen molar-refractivity contribution in [2.24, 2.45) is 0 Å². The van der Waals surface area contributed by atoms with Gasteiger partial charge in [-0.25, -0.2) is 4.98 Å². The Kier molecular flexibility index (Phi) is 3.41. The Morgan fingerprint density at radius 1 is 1.00 bits per heavy atom. The van der Waals surface area contributed by atoms with E-state index >= 15 is 0 Å². The molecule has 0 amide bonds. The number of aromatic nitrogens is 2. The third kappa shape index (κ3) is 2.91. The quantitative estimate of drug-likeness (QED) is 0.744. The van der Waals surface area contributed by atoms with E-state index in [1.165, 1.54) is 11.1 Å². The molecule has 0 aliphatic rings. The molecule has 3 aromatic rings. The van der Waals surface area contributed by atoms with Crippen molar-refractivity contribution in [3.05, 3.63) is 84.5 Å². The number of hydrogen-bond donors (Lipinski definition) is 1. The highest BCUT2D eigenvalue weighted by molar-refractivity contribution is 5.56. The van der Waals surface area contributed by atoms with Gasteiger partial charge in [-0.15, -0.1) is 0 Å². The number of nitrogens with one attached hydrogen (secondary N) is 1. The molecule has 19 heavy (non-hydrogen) atoms. The molecule has 0 unspecified atom stereocenters. The fraction of sp³-hybridized carbons (Fsp3) is 0.0588. The first-order valence-electron chi connectivity index (χ1n) is 6.39. The van der Waals surface area contributed by atoms with Crippen LogP contribution in [0.1, 0.15) is 11.1 Å². The number of rotatable bonds is 4. The summed E-state index contributed by atoms with van der Waals surface area (Å²) in [6.07, 6.45) is 6.80. The van der Waals surface area contributed by atoms with E-state index in [4.69, 9.17) is 0 Å². The number of benzene rings is 2. The molecule has 0 aliphatic carbocycles. The first-order chi connectivity index (χ1) is 9.42. The molecule has 1 heterocycles. The minimum absolute atomic E-state index is 0.912. The van der Waals surface area contributed by atoms with Gasteiger partial charge >= 0.3 is 0 Å². The predicted octanol–water partition coefficient (Wildman–Crippen LogP) is 3.87. The molecule has 1 radical (unpaired) electrons. The van der Waals surface area contributed by atoms with E-state index in [2.05, 4.69) is 64.9 Å². The van der Waals surface area contributed by atoms with E-state index in [1.807, 2.05) is 12.3 Å². The SMILES string of the molecule is [CH](Cc1ccccc1)c1cccc(-c2ncc[nH]2)c1. The molecule has 2 nitrogen and oxygen atoms in total. The van der Waals surface area contributed by atoms with Crippen LogP contribution in [0.2, 0.25) is 0 Å². The standard InChI is InChI=1S/C17H15N2/c1-2-5-14(6-3-1)9-10-15-7-4-8-16(13-15)17-18-11-12-19-17/h1-8,10-13H,9H2,(H,18,19). The van der Waals surface area contributed by atoms with E-state index in [0.717, 1.165) is 17.8 Å². The molecular weight excluding hydrogens is 232 g/mol. The second-order valence-corrected chi connectivity index (χ2v) is 4.46. The van der Waals surface area contributed by atoms with E-state index in [9.17, 15) is 0 Å². The molecule has 1 aromatic heterocycles. The molecule has 0 bridgehead atoms. The van der Waals surface area contributed by atoms with E-state index in [-0.39, 0.29) is 0 Å². The van der Waals surface area contributed by atoms with Gasteiger partial charge in [-0.3, -0.25) is 0 Å². The van der Waals surface area contributed by atoms with Crippen LogP contribution in [0.3, 0.4) is 0 Å². The van der Waals surface area contributed by atoms with Crippen LogP contribution in [0.25, 0.3) is 11.4 Å². The third-order valence-electron chi connectivity index (χ3n) is 3.07. The van der Waals surface area contributed by atoms with Gasteiger partial charge in [0.2, 0.25) is 0 Å².